The molecule has 138 valence electrons. The highest BCUT2D eigenvalue weighted by Crippen LogP contribution is 2.31. The summed E-state index contributed by atoms with van der Waals surface area (Å²) in [5.74, 6) is -0.140. The van der Waals surface area contributed by atoms with Crippen LogP contribution in [-0.4, -0.2) is 27.3 Å². The van der Waals surface area contributed by atoms with E-state index in [1.54, 1.807) is 12.1 Å². The van der Waals surface area contributed by atoms with Gasteiger partial charge in [-0.15, -0.1) is 0 Å². The minimum absolute atomic E-state index is 0.0374. The lowest BCUT2D eigenvalue weighted by molar-refractivity contribution is -0.129. The molecule has 0 atom stereocenters. The lowest BCUT2D eigenvalue weighted by atomic mass is 10.1. The second-order valence-electron chi connectivity index (χ2n) is 5.72. The lowest BCUT2D eigenvalue weighted by Gasteiger charge is -2.25. The Morgan fingerprint density at radius 3 is 2.54 bits per heavy atom. The van der Waals surface area contributed by atoms with E-state index in [4.69, 9.17) is 9.15 Å². The summed E-state index contributed by atoms with van der Waals surface area (Å²) in [6.45, 7) is -0.0374. The summed E-state index contributed by atoms with van der Waals surface area (Å²) >= 11 is 0. The minimum atomic E-state index is -3.96. The molecule has 1 aliphatic rings. The number of benzene rings is 1. The van der Waals surface area contributed by atoms with Crippen molar-refractivity contribution < 1.29 is 27.2 Å². The van der Waals surface area contributed by atoms with Crippen molar-refractivity contribution in [3.8, 4) is 5.75 Å². The number of nitrogens with one attached hydrogen (secondary N) is 1. The van der Waals surface area contributed by atoms with Gasteiger partial charge in [0.25, 0.3) is 0 Å². The molecule has 1 aliphatic heterocycles. The van der Waals surface area contributed by atoms with E-state index in [-0.39, 0.29) is 47.5 Å². The molecule has 0 aliphatic carbocycles. The van der Waals surface area contributed by atoms with Gasteiger partial charge in [0.1, 0.15) is 16.4 Å². The van der Waals surface area contributed by atoms with Gasteiger partial charge in [0, 0.05) is 12.8 Å². The smallest absolute Gasteiger partial charge is 0.244 e. The molecule has 3 rings (SSSR count). The van der Waals surface area contributed by atoms with E-state index < -0.39 is 10.0 Å². The zero-order chi connectivity index (χ0) is 18.7. The Hall–Kier alpha value is -2.65. The molecule has 2 amide bonds. The highest BCUT2D eigenvalue weighted by molar-refractivity contribution is 7.89. The summed E-state index contributed by atoms with van der Waals surface area (Å²) < 4.78 is 38.0. The molecule has 1 saturated heterocycles. The first-order valence-electron chi connectivity index (χ1n) is 7.98. The predicted molar refractivity (Wildman–Crippen MR) is 92.1 cm³/mol. The maximum absolute atomic E-state index is 12.7. The lowest BCUT2D eigenvalue weighted by Crippen LogP contribution is -2.40. The van der Waals surface area contributed by atoms with Crippen LogP contribution in [0.15, 0.2) is 45.9 Å². The van der Waals surface area contributed by atoms with Crippen molar-refractivity contribution in [2.24, 2.45) is 0 Å². The Bertz CT molecular complexity index is 905. The van der Waals surface area contributed by atoms with Gasteiger partial charge in [0.15, 0.2) is 0 Å². The number of hydrogen-bond donors (Lipinski definition) is 1. The number of ether oxygens (including phenoxy) is 1. The van der Waals surface area contributed by atoms with Crippen LogP contribution in [0.5, 0.6) is 5.75 Å². The van der Waals surface area contributed by atoms with E-state index in [1.807, 2.05) is 0 Å². The van der Waals surface area contributed by atoms with E-state index in [1.165, 1.54) is 31.6 Å². The second-order valence-corrected chi connectivity index (χ2v) is 7.45. The Balaban J connectivity index is 1.94. The number of nitrogens with zero attached hydrogens (tertiary/aromatic N) is 1. The summed E-state index contributed by atoms with van der Waals surface area (Å²) in [7, 11) is -2.61. The Morgan fingerprint density at radius 1 is 1.19 bits per heavy atom. The standard InChI is InChI=1S/C17H18N2O6S/c1-24-14-8-7-12(19-16(20)5-2-6-17(19)21)10-15(14)26(22,23)18-11-13-4-3-9-25-13/h3-4,7-10,18H,2,5-6,11H2,1H3. The SMILES string of the molecule is COc1ccc(N2C(=O)CCCC2=O)cc1S(=O)(=O)NCc1ccco1. The second kappa shape index (κ2) is 7.30. The topological polar surface area (TPSA) is 106 Å². The first kappa shape index (κ1) is 18.2. The van der Waals surface area contributed by atoms with Crippen LogP contribution in [0.1, 0.15) is 25.0 Å². The predicted octanol–water partition coefficient (Wildman–Crippen LogP) is 1.81. The van der Waals surface area contributed by atoms with Crippen molar-refractivity contribution in [1.29, 1.82) is 0 Å². The highest BCUT2D eigenvalue weighted by Gasteiger charge is 2.29. The molecule has 9 heteroatoms. The van der Waals surface area contributed by atoms with Crippen LogP contribution in [0.25, 0.3) is 0 Å². The summed E-state index contributed by atoms with van der Waals surface area (Å²) in [6, 6.07) is 7.47. The number of piperidine rings is 1. The van der Waals surface area contributed by atoms with E-state index >= 15 is 0 Å². The minimum Gasteiger partial charge on any atom is -0.495 e. The molecule has 1 aromatic heterocycles. The average molecular weight is 378 g/mol. The fraction of sp³-hybridized carbons (Fsp3) is 0.294. The molecule has 26 heavy (non-hydrogen) atoms. The molecule has 8 nitrogen and oxygen atoms in total. The first-order chi connectivity index (χ1) is 12.4. The zero-order valence-corrected chi connectivity index (χ0v) is 14.9. The van der Waals surface area contributed by atoms with Crippen LogP contribution >= 0.6 is 0 Å². The van der Waals surface area contributed by atoms with Crippen LogP contribution in [0.3, 0.4) is 0 Å². The molecular formula is C17H18N2O6S. The van der Waals surface area contributed by atoms with Crippen LogP contribution < -0.4 is 14.4 Å². The Labute approximate surface area is 150 Å². The third-order valence-electron chi connectivity index (χ3n) is 3.99. The maximum atomic E-state index is 12.7. The van der Waals surface area contributed by atoms with Crippen molar-refractivity contribution in [2.75, 3.05) is 12.0 Å². The number of amides is 2. The summed E-state index contributed by atoms with van der Waals surface area (Å²) in [4.78, 5) is 25.1. The molecule has 0 bridgehead atoms. The van der Waals surface area contributed by atoms with Gasteiger partial charge in [0.05, 0.1) is 25.6 Å². The zero-order valence-electron chi connectivity index (χ0n) is 14.1. The van der Waals surface area contributed by atoms with Crippen molar-refractivity contribution in [3.05, 3.63) is 42.4 Å². The number of carbonyl (C=O) groups excluding carboxylic acids is 2. The number of rotatable bonds is 6. The highest BCUT2D eigenvalue weighted by atomic mass is 32.2. The molecular weight excluding hydrogens is 360 g/mol. The number of hydrogen-bond acceptors (Lipinski definition) is 6. The van der Waals surface area contributed by atoms with Gasteiger partial charge in [-0.05, 0) is 36.8 Å². The number of sulfonamides is 1. The molecule has 0 unspecified atom stereocenters. The molecule has 1 N–H and O–H groups in total. The van der Waals surface area contributed by atoms with E-state index in [2.05, 4.69) is 4.72 Å². The molecule has 1 fully saturated rings. The van der Waals surface area contributed by atoms with E-state index in [0.29, 0.717) is 12.2 Å². The van der Waals surface area contributed by atoms with Crippen molar-refractivity contribution in [1.82, 2.24) is 4.72 Å². The van der Waals surface area contributed by atoms with Gasteiger partial charge in [-0.2, -0.15) is 0 Å². The summed E-state index contributed by atoms with van der Waals surface area (Å²) in [5, 5.41) is 0. The third kappa shape index (κ3) is 3.63. The van der Waals surface area contributed by atoms with Crippen LogP contribution in [0.4, 0.5) is 5.69 Å². The van der Waals surface area contributed by atoms with Gasteiger partial charge in [0.2, 0.25) is 21.8 Å². The number of methoxy groups -OCH3 is 1. The normalized spacial score (nSPS) is 15.3. The van der Waals surface area contributed by atoms with Crippen LogP contribution in [0, 0.1) is 0 Å². The fourth-order valence-electron chi connectivity index (χ4n) is 2.71. The Kier molecular flexibility index (Phi) is 5.10. The van der Waals surface area contributed by atoms with Gasteiger partial charge in [-0.25, -0.2) is 13.1 Å². The summed E-state index contributed by atoms with van der Waals surface area (Å²) in [6.07, 6.45) is 2.44. The van der Waals surface area contributed by atoms with Gasteiger partial charge >= 0.3 is 0 Å². The van der Waals surface area contributed by atoms with Crippen molar-refractivity contribution >= 4 is 27.5 Å². The monoisotopic (exact) mass is 378 g/mol. The molecule has 2 heterocycles. The largest absolute Gasteiger partial charge is 0.495 e. The van der Waals surface area contributed by atoms with Crippen molar-refractivity contribution in [3.63, 3.8) is 0 Å². The van der Waals surface area contributed by atoms with E-state index in [0.717, 1.165) is 4.90 Å². The fourth-order valence-corrected chi connectivity index (χ4v) is 3.89. The average Bonchev–Trinajstić information content (AvgIpc) is 3.13. The number of anilines is 1. The maximum Gasteiger partial charge on any atom is 0.244 e. The molecule has 0 radical (unpaired) electrons. The van der Waals surface area contributed by atoms with Gasteiger partial charge < -0.3 is 9.15 Å². The van der Waals surface area contributed by atoms with Crippen molar-refractivity contribution in [2.45, 2.75) is 30.7 Å². The van der Waals surface area contributed by atoms with Gasteiger partial charge in [-0.3, -0.25) is 14.5 Å². The number of furan rings is 1. The first-order valence-corrected chi connectivity index (χ1v) is 9.46. The van der Waals surface area contributed by atoms with Crippen LogP contribution in [-0.2, 0) is 26.2 Å². The van der Waals surface area contributed by atoms with E-state index in [9.17, 15) is 18.0 Å². The third-order valence-corrected chi connectivity index (χ3v) is 5.41. The molecule has 0 spiro atoms. The van der Waals surface area contributed by atoms with Gasteiger partial charge in [-0.1, -0.05) is 0 Å². The molecule has 1 aromatic carbocycles. The van der Waals surface area contributed by atoms with Crippen LogP contribution in [0.2, 0.25) is 0 Å². The quantitative estimate of drug-likeness (QED) is 0.769. The molecule has 2 aromatic rings. The number of carbonyl (C=O) groups is 2. The molecule has 0 saturated carbocycles. The Morgan fingerprint density at radius 2 is 1.92 bits per heavy atom. The summed E-state index contributed by atoms with van der Waals surface area (Å²) in [5.41, 5.74) is 0.207. The number of imide groups is 1.